The predicted octanol–water partition coefficient (Wildman–Crippen LogP) is 19.5. The molecule has 0 bridgehead atoms. The number of fused-ring (bicyclic) bond motifs is 3. The number of halogens is 9. The Morgan fingerprint density at radius 1 is 0.521 bits per heavy atom. The number of ketones is 3. The van der Waals surface area contributed by atoms with Crippen LogP contribution in [-0.4, -0.2) is 133 Å². The molecule has 0 radical (unpaired) electrons. The molecule has 6 heterocycles. The van der Waals surface area contributed by atoms with Gasteiger partial charge in [0.15, 0.2) is 17.3 Å². The van der Waals surface area contributed by atoms with E-state index >= 15 is 0 Å². The molecule has 3 saturated carbocycles. The van der Waals surface area contributed by atoms with Gasteiger partial charge in [-0.3, -0.25) is 14.4 Å². The number of alkyl halides is 6. The number of Topliss-reactive ketones (excluding diaryl/α,β-unsaturated/α-hetero) is 3. The first-order valence-corrected chi connectivity index (χ1v) is 35.3. The first kappa shape index (κ1) is 74.4. The number of likely N-dealkylation sites (tertiary alicyclic amines) is 2. The fraction of sp³-hybridized carbons (Fsp3) is 0.603. The number of hydrogen-bond acceptors (Lipinski definition) is 9. The highest BCUT2D eigenvalue weighted by Gasteiger charge is 2.39. The zero-order valence-corrected chi connectivity index (χ0v) is 58.2. The molecule has 3 unspecified atom stereocenters. The zero-order chi connectivity index (χ0) is 69.5. The quantitative estimate of drug-likeness (QED) is 0.0710. The van der Waals surface area contributed by atoms with Crippen LogP contribution in [-0.2, 0) is 9.47 Å². The van der Waals surface area contributed by atoms with E-state index < -0.39 is 29.0 Å². The minimum Gasteiger partial charge on any atom is -0.444 e. The Balaban J connectivity index is 0.000000157. The van der Waals surface area contributed by atoms with E-state index in [1.54, 1.807) is 23.2 Å². The van der Waals surface area contributed by atoms with E-state index in [0.29, 0.717) is 147 Å². The summed E-state index contributed by atoms with van der Waals surface area (Å²) in [6.45, 7) is 15.0. The Morgan fingerprint density at radius 3 is 1.32 bits per heavy atom. The Labute approximate surface area is 573 Å². The molecule has 3 atom stereocenters. The van der Waals surface area contributed by atoms with Crippen molar-refractivity contribution in [1.29, 1.82) is 0 Å². The second-order valence-corrected chi connectivity index (χ2v) is 30.4. The van der Waals surface area contributed by atoms with Crippen molar-refractivity contribution in [2.45, 2.75) is 224 Å². The number of H-pyrrole nitrogens is 1. The highest BCUT2D eigenvalue weighted by atomic mass is 35.5. The number of ether oxygens (including phenoxy) is 2. The SMILES string of the molecule is CC(C)(C)OC(=O)N1CCC(O)C1.CC(C)(C)OC(=O)N1CCC(n2cc(C(=O)CCC3CCC(F)(F)CC3)c3c(Cl)cccc32)C1.O=C(CCC1CCC(F)(F)CC1)c1c[nH]c2cccc(Cl)c12.O=C(CCC1CCC(F)(F)CC1)c1cn(C2CCNC2)c2cccc(Cl)c12. The zero-order valence-electron chi connectivity index (χ0n) is 56.0. The molecule has 96 heavy (non-hydrogen) atoms. The van der Waals surface area contributed by atoms with Crippen molar-refractivity contribution in [2.75, 3.05) is 39.3 Å². The Kier molecular flexibility index (Phi) is 24.5. The second kappa shape index (κ2) is 31.6. The number of benzene rings is 3. The molecule has 23 heteroatoms. The van der Waals surface area contributed by atoms with E-state index in [0.717, 1.165) is 58.6 Å². The summed E-state index contributed by atoms with van der Waals surface area (Å²) in [6, 6.07) is 17.1. The first-order chi connectivity index (χ1) is 45.2. The molecule has 3 aliphatic heterocycles. The van der Waals surface area contributed by atoms with E-state index in [-0.39, 0.29) is 98.0 Å². The normalized spacial score (nSPS) is 21.5. The van der Waals surface area contributed by atoms with Gasteiger partial charge in [-0.1, -0.05) is 53.0 Å². The monoisotopic (exact) mass is 1400 g/mol. The van der Waals surface area contributed by atoms with Crippen LogP contribution in [0.5, 0.6) is 0 Å². The number of aromatic nitrogens is 3. The van der Waals surface area contributed by atoms with Gasteiger partial charge in [-0.15, -0.1) is 0 Å². The molecule has 6 aromatic rings. The number of aromatic amines is 1. The maximum Gasteiger partial charge on any atom is 0.410 e. The van der Waals surface area contributed by atoms with Crippen LogP contribution >= 0.6 is 34.8 Å². The van der Waals surface area contributed by atoms with Gasteiger partial charge in [0.2, 0.25) is 17.8 Å². The lowest BCUT2D eigenvalue weighted by Crippen LogP contribution is -2.35. The molecule has 526 valence electrons. The standard InChI is InChI=1S/C26H33ClF2N2O3.C21H25ClF2N2O.C17H18ClF2NO.C9H17NO3/c1-25(2,3)34-24(33)30-14-11-18(15-30)31-16-19(23-20(27)5-4-6-21(23)31)22(32)8-7-17-9-12-26(28,29)13-10-17;22-17-2-1-3-18-20(17)16(13-26(18)15-8-11-25-12-15)19(27)5-4-14-6-9-21(23,24)10-7-14;18-13-2-1-3-14-16(13)12(10-21-14)15(22)5-4-11-6-8-17(19,20)9-7-11;1-9(2,3)13-8(12)10-5-4-7(11)6-10/h4-6,16-18H,7-15H2,1-3H3;1-3,13-15,25H,4-12H2;1-3,10-11,21H,4-9H2;7,11H,4-6H2,1-3H3. The lowest BCUT2D eigenvalue weighted by molar-refractivity contribution is -0.0469. The van der Waals surface area contributed by atoms with Gasteiger partial charge in [0.05, 0.1) is 38.2 Å². The topological polar surface area (TPSA) is 168 Å². The highest BCUT2D eigenvalue weighted by molar-refractivity contribution is 6.38. The second-order valence-electron chi connectivity index (χ2n) is 29.2. The third-order valence-corrected chi connectivity index (χ3v) is 20.4. The lowest BCUT2D eigenvalue weighted by Gasteiger charge is -2.27. The Bertz CT molecular complexity index is 3670. The van der Waals surface area contributed by atoms with Crippen molar-refractivity contribution in [3.8, 4) is 0 Å². The molecule has 2 amide bonds. The largest absolute Gasteiger partial charge is 0.444 e. The smallest absolute Gasteiger partial charge is 0.410 e. The third kappa shape index (κ3) is 20.0. The summed E-state index contributed by atoms with van der Waals surface area (Å²) in [7, 11) is 0. The molecular formula is C73H93Cl3F6N6O8. The van der Waals surface area contributed by atoms with Gasteiger partial charge in [0.1, 0.15) is 11.2 Å². The van der Waals surface area contributed by atoms with Gasteiger partial charge >= 0.3 is 12.2 Å². The molecule has 14 nitrogen and oxygen atoms in total. The van der Waals surface area contributed by atoms with Gasteiger partial charge in [-0.2, -0.15) is 0 Å². The summed E-state index contributed by atoms with van der Waals surface area (Å²) in [6.07, 6.45) is 12.5. The molecule has 3 aliphatic carbocycles. The summed E-state index contributed by atoms with van der Waals surface area (Å²) in [5, 5.41) is 16.5. The highest BCUT2D eigenvalue weighted by Crippen LogP contribution is 2.43. The van der Waals surface area contributed by atoms with E-state index in [9.17, 15) is 55.4 Å². The molecular weight excluding hydrogens is 1310 g/mol. The van der Waals surface area contributed by atoms with Gasteiger partial charge < -0.3 is 43.8 Å². The number of carbonyl (C=O) groups excluding carboxylic acids is 5. The van der Waals surface area contributed by atoms with Gasteiger partial charge in [-0.05, 0) is 179 Å². The molecule has 3 N–H and O–H groups in total. The predicted molar refractivity (Wildman–Crippen MR) is 365 cm³/mol. The molecule has 0 spiro atoms. The maximum atomic E-state index is 13.5. The number of aliphatic hydroxyl groups is 1. The van der Waals surface area contributed by atoms with Crippen molar-refractivity contribution in [3.05, 3.63) is 105 Å². The van der Waals surface area contributed by atoms with Crippen molar-refractivity contribution in [3.63, 3.8) is 0 Å². The molecule has 3 aromatic carbocycles. The molecule has 3 aromatic heterocycles. The number of β-amino-alcohol motifs (C(OH)–C–C–N with tert-alkyl or cyclic N) is 1. The van der Waals surface area contributed by atoms with Crippen molar-refractivity contribution >= 4 is 97.0 Å². The van der Waals surface area contributed by atoms with Crippen molar-refractivity contribution in [1.82, 2.24) is 29.2 Å². The van der Waals surface area contributed by atoms with Gasteiger partial charge in [0.25, 0.3) is 0 Å². The van der Waals surface area contributed by atoms with Gasteiger partial charge in [0, 0.05) is 154 Å². The summed E-state index contributed by atoms with van der Waals surface area (Å²) in [5.41, 5.74) is 3.53. The minimum absolute atomic E-state index is 0.00982. The van der Waals surface area contributed by atoms with E-state index in [1.165, 1.54) is 4.90 Å². The molecule has 6 aliphatic rings. The van der Waals surface area contributed by atoms with Crippen LogP contribution in [0.3, 0.4) is 0 Å². The van der Waals surface area contributed by atoms with Crippen molar-refractivity contribution < 1.29 is 64.9 Å². The number of carbonyl (C=O) groups is 5. The molecule has 3 saturated heterocycles. The van der Waals surface area contributed by atoms with Crippen LogP contribution in [0.4, 0.5) is 35.9 Å². The Hall–Kier alpha value is -5.80. The van der Waals surface area contributed by atoms with Crippen LogP contribution in [0.25, 0.3) is 32.7 Å². The summed E-state index contributed by atoms with van der Waals surface area (Å²) in [4.78, 5) is 68.8. The average molecular weight is 1400 g/mol. The van der Waals surface area contributed by atoms with E-state index in [1.807, 2.05) is 96.4 Å². The summed E-state index contributed by atoms with van der Waals surface area (Å²) >= 11 is 19.1. The number of nitrogens with one attached hydrogen (secondary N) is 2. The first-order valence-electron chi connectivity index (χ1n) is 34.1. The number of aliphatic hydroxyl groups excluding tert-OH is 1. The Morgan fingerprint density at radius 2 is 0.917 bits per heavy atom. The number of hydrogen-bond donors (Lipinski definition) is 3. The number of amides is 2. The van der Waals surface area contributed by atoms with E-state index in [2.05, 4.69) is 19.4 Å². The fourth-order valence-corrected chi connectivity index (χ4v) is 14.9. The third-order valence-electron chi connectivity index (χ3n) is 19.5. The van der Waals surface area contributed by atoms with E-state index in [4.69, 9.17) is 44.3 Å². The summed E-state index contributed by atoms with van der Waals surface area (Å²) in [5.74, 6) is -6.91. The van der Waals surface area contributed by atoms with Crippen LogP contribution in [0.15, 0.2) is 73.2 Å². The fourth-order valence-electron chi connectivity index (χ4n) is 14.1. The minimum atomic E-state index is -2.56. The van der Waals surface area contributed by atoms with Crippen LogP contribution in [0.1, 0.15) is 220 Å². The van der Waals surface area contributed by atoms with Gasteiger partial charge in [-0.25, -0.2) is 35.9 Å². The summed E-state index contributed by atoms with van der Waals surface area (Å²) < 4.78 is 94.7. The van der Waals surface area contributed by atoms with Crippen LogP contribution in [0, 0.1) is 17.8 Å². The number of nitrogens with zero attached hydrogens (tertiary/aromatic N) is 4. The lowest BCUT2D eigenvalue weighted by atomic mass is 9.83. The van der Waals surface area contributed by atoms with Crippen molar-refractivity contribution in [2.24, 2.45) is 17.8 Å². The number of rotatable bonds is 14. The van der Waals surface area contributed by atoms with Crippen LogP contribution in [0.2, 0.25) is 15.1 Å². The maximum absolute atomic E-state index is 13.5. The van der Waals surface area contributed by atoms with Crippen LogP contribution < -0.4 is 5.32 Å². The molecule has 6 fully saturated rings. The average Bonchev–Trinajstić information content (AvgIpc) is 1.62. The molecule has 12 rings (SSSR count).